The lowest BCUT2D eigenvalue weighted by Crippen LogP contribution is -2.22. The first-order chi connectivity index (χ1) is 9.65. The van der Waals surface area contributed by atoms with Crippen LogP contribution in [0.25, 0.3) is 0 Å². The largest absolute Gasteiger partial charge is 0.550 e. The number of carbonyl (C=O) groups is 1. The van der Waals surface area contributed by atoms with Gasteiger partial charge in [-0.25, -0.2) is 0 Å². The van der Waals surface area contributed by atoms with E-state index < -0.39 is 5.97 Å². The lowest BCUT2D eigenvalue weighted by atomic mass is 10.1. The summed E-state index contributed by atoms with van der Waals surface area (Å²) < 4.78 is 5.69. The number of carbonyl (C=O) groups excluding carboxylic acids is 1. The minimum atomic E-state index is -1.10. The van der Waals surface area contributed by atoms with Crippen molar-refractivity contribution in [3.63, 3.8) is 0 Å². The molecule has 0 amide bonds. The first-order valence-corrected chi connectivity index (χ1v) is 6.22. The number of para-hydroxylation sites is 2. The smallest absolute Gasteiger partial charge is 0.154 e. The van der Waals surface area contributed by atoms with Crippen LogP contribution in [0.2, 0.25) is 0 Å². The molecule has 0 unspecified atom stereocenters. The fourth-order valence-corrected chi connectivity index (χ4v) is 2.17. The molecule has 0 spiro atoms. The maximum absolute atomic E-state index is 12.2. The SMILES string of the molecule is [O]N1c2ccccc2Oc2cc(CCC(=O)[O-])ccc21. The highest BCUT2D eigenvalue weighted by Crippen LogP contribution is 2.45. The van der Waals surface area contributed by atoms with Gasteiger partial charge in [-0.3, -0.25) is 0 Å². The highest BCUT2D eigenvalue weighted by atomic mass is 16.5. The zero-order valence-electron chi connectivity index (χ0n) is 10.5. The van der Waals surface area contributed by atoms with Crippen molar-refractivity contribution >= 4 is 17.3 Å². The predicted octanol–water partition coefficient (Wildman–Crippen LogP) is 1.96. The molecule has 0 saturated carbocycles. The summed E-state index contributed by atoms with van der Waals surface area (Å²) in [6.07, 6.45) is 0.288. The van der Waals surface area contributed by atoms with Gasteiger partial charge in [0, 0.05) is 5.97 Å². The Morgan fingerprint density at radius 2 is 1.85 bits per heavy atom. The van der Waals surface area contributed by atoms with E-state index in [2.05, 4.69) is 0 Å². The Morgan fingerprint density at radius 1 is 1.10 bits per heavy atom. The normalized spacial score (nSPS) is 12.3. The third-order valence-corrected chi connectivity index (χ3v) is 3.16. The molecule has 1 heterocycles. The minimum Gasteiger partial charge on any atom is -0.550 e. The molecule has 0 aliphatic carbocycles. The molecule has 0 saturated heterocycles. The number of rotatable bonds is 3. The Labute approximate surface area is 115 Å². The number of ether oxygens (including phenoxy) is 1. The van der Waals surface area contributed by atoms with Gasteiger partial charge >= 0.3 is 0 Å². The van der Waals surface area contributed by atoms with Crippen LogP contribution in [0, 0.1) is 0 Å². The van der Waals surface area contributed by atoms with Gasteiger partial charge in [-0.2, -0.15) is 5.06 Å². The number of anilines is 2. The Kier molecular flexibility index (Phi) is 3.04. The molecule has 0 fully saturated rings. The topological polar surface area (TPSA) is 72.5 Å². The van der Waals surface area contributed by atoms with Gasteiger partial charge in [0.2, 0.25) is 0 Å². The number of nitrogens with zero attached hydrogens (tertiary/aromatic N) is 1. The number of aliphatic carboxylic acids is 1. The number of hydrogen-bond acceptors (Lipinski definition) is 4. The molecule has 2 aromatic carbocycles. The van der Waals surface area contributed by atoms with Crippen molar-refractivity contribution in [2.75, 3.05) is 5.06 Å². The van der Waals surface area contributed by atoms with Gasteiger partial charge in [-0.1, -0.05) is 23.4 Å². The summed E-state index contributed by atoms with van der Waals surface area (Å²) in [4.78, 5) is 10.5. The molecule has 101 valence electrons. The third kappa shape index (κ3) is 2.19. The number of carboxylic acids is 1. The van der Waals surface area contributed by atoms with Crippen LogP contribution >= 0.6 is 0 Å². The van der Waals surface area contributed by atoms with E-state index in [4.69, 9.17) is 4.74 Å². The van der Waals surface area contributed by atoms with Crippen LogP contribution in [0.5, 0.6) is 11.5 Å². The van der Waals surface area contributed by atoms with E-state index in [0.717, 1.165) is 10.6 Å². The van der Waals surface area contributed by atoms with Crippen LogP contribution in [0.1, 0.15) is 12.0 Å². The molecule has 20 heavy (non-hydrogen) atoms. The standard InChI is InChI=1S/C15H12NO4/c17-15(18)8-6-10-5-7-12-14(9-10)20-13-4-2-1-3-11(13)16(12)19/h1-5,7,9H,6,8H2,(H,17,18)/p-1. The molecular formula is C15H11NO4-. The van der Waals surface area contributed by atoms with E-state index in [-0.39, 0.29) is 6.42 Å². The second-order valence-electron chi connectivity index (χ2n) is 4.54. The highest BCUT2D eigenvalue weighted by Gasteiger charge is 2.24. The lowest BCUT2D eigenvalue weighted by molar-refractivity contribution is -0.305. The van der Waals surface area contributed by atoms with E-state index in [0.29, 0.717) is 29.3 Å². The quantitative estimate of drug-likeness (QED) is 0.853. The monoisotopic (exact) mass is 269 g/mol. The fraction of sp³-hybridized carbons (Fsp3) is 0.133. The van der Waals surface area contributed by atoms with Gasteiger partial charge in [0.1, 0.15) is 11.4 Å². The summed E-state index contributed by atoms with van der Waals surface area (Å²) in [5.74, 6) is -0.166. The van der Waals surface area contributed by atoms with Gasteiger partial charge < -0.3 is 14.6 Å². The Balaban J connectivity index is 1.92. The number of hydrogen-bond donors (Lipinski definition) is 0. The molecule has 5 nitrogen and oxygen atoms in total. The van der Waals surface area contributed by atoms with Crippen molar-refractivity contribution in [3.8, 4) is 11.5 Å². The molecular weight excluding hydrogens is 258 g/mol. The molecule has 0 N–H and O–H groups in total. The highest BCUT2D eigenvalue weighted by molar-refractivity contribution is 5.76. The van der Waals surface area contributed by atoms with Crippen LogP contribution in [0.3, 0.4) is 0 Å². The van der Waals surface area contributed by atoms with Crippen LogP contribution in [0.15, 0.2) is 42.5 Å². The van der Waals surface area contributed by atoms with E-state index in [9.17, 15) is 15.1 Å². The van der Waals surface area contributed by atoms with Gasteiger partial charge in [-0.15, -0.1) is 0 Å². The fourth-order valence-electron chi connectivity index (χ4n) is 2.17. The van der Waals surface area contributed by atoms with Gasteiger partial charge in [-0.05, 0) is 42.7 Å². The van der Waals surface area contributed by atoms with Crippen molar-refractivity contribution in [2.45, 2.75) is 12.8 Å². The van der Waals surface area contributed by atoms with Gasteiger partial charge in [0.25, 0.3) is 0 Å². The summed E-state index contributed by atoms with van der Waals surface area (Å²) in [5.41, 5.74) is 1.67. The Bertz CT molecular complexity index is 669. The summed E-state index contributed by atoms with van der Waals surface area (Å²) in [6.45, 7) is 0. The van der Waals surface area contributed by atoms with Crippen molar-refractivity contribution in [3.05, 3.63) is 48.0 Å². The average Bonchev–Trinajstić information content (AvgIpc) is 2.45. The van der Waals surface area contributed by atoms with E-state index in [1.54, 1.807) is 42.5 Å². The van der Waals surface area contributed by atoms with Gasteiger partial charge in [0.05, 0.1) is 0 Å². The van der Waals surface area contributed by atoms with Gasteiger partial charge in [0.15, 0.2) is 11.5 Å². The maximum atomic E-state index is 12.2. The summed E-state index contributed by atoms with van der Waals surface area (Å²) in [5, 5.41) is 23.5. The Hall–Kier alpha value is -2.53. The summed E-state index contributed by atoms with van der Waals surface area (Å²) >= 11 is 0. The van der Waals surface area contributed by atoms with Crippen molar-refractivity contribution < 1.29 is 19.8 Å². The van der Waals surface area contributed by atoms with Crippen molar-refractivity contribution in [2.24, 2.45) is 0 Å². The second-order valence-corrected chi connectivity index (χ2v) is 4.54. The van der Waals surface area contributed by atoms with Crippen LogP contribution < -0.4 is 14.9 Å². The third-order valence-electron chi connectivity index (χ3n) is 3.16. The molecule has 1 aliphatic rings. The average molecular weight is 269 g/mol. The van der Waals surface area contributed by atoms with Crippen LogP contribution in [-0.4, -0.2) is 5.97 Å². The second kappa shape index (κ2) is 4.86. The molecule has 1 radical (unpaired) electrons. The predicted molar refractivity (Wildman–Crippen MR) is 69.1 cm³/mol. The van der Waals surface area contributed by atoms with E-state index >= 15 is 0 Å². The van der Waals surface area contributed by atoms with E-state index in [1.807, 2.05) is 0 Å². The molecule has 2 aromatic rings. The summed E-state index contributed by atoms with van der Waals surface area (Å²) in [7, 11) is 0. The number of benzene rings is 2. The molecule has 0 aromatic heterocycles. The van der Waals surface area contributed by atoms with Crippen molar-refractivity contribution in [1.82, 2.24) is 0 Å². The molecule has 5 heteroatoms. The molecule has 0 bridgehead atoms. The van der Waals surface area contributed by atoms with Crippen LogP contribution in [0.4, 0.5) is 11.4 Å². The maximum Gasteiger partial charge on any atom is 0.154 e. The first-order valence-electron chi connectivity index (χ1n) is 6.22. The molecule has 0 atom stereocenters. The van der Waals surface area contributed by atoms with Crippen LogP contribution in [-0.2, 0) is 16.4 Å². The minimum absolute atomic E-state index is 0.0591. The summed E-state index contributed by atoms with van der Waals surface area (Å²) in [6, 6.07) is 12.0. The zero-order chi connectivity index (χ0) is 14.1. The zero-order valence-corrected chi connectivity index (χ0v) is 10.5. The lowest BCUT2D eigenvalue weighted by Gasteiger charge is -2.26. The number of fused-ring (bicyclic) bond motifs is 2. The number of carboxylic acid groups (broad SMARTS) is 1. The Morgan fingerprint density at radius 3 is 2.65 bits per heavy atom. The molecule has 3 rings (SSSR count). The first kappa shape index (κ1) is 12.5. The molecule has 1 aliphatic heterocycles. The van der Waals surface area contributed by atoms with E-state index in [1.165, 1.54) is 0 Å². The van der Waals surface area contributed by atoms with Crippen molar-refractivity contribution in [1.29, 1.82) is 0 Å². The number of aryl methyl sites for hydroxylation is 1.